The Morgan fingerprint density at radius 2 is 2.00 bits per heavy atom. The maximum atomic E-state index is 12.2. The molecule has 5 heteroatoms. The molecular formula is C16H13ClN2OS. The van der Waals surface area contributed by atoms with Gasteiger partial charge in [0.1, 0.15) is 5.40 Å². The Kier molecular flexibility index (Phi) is 5.26. The van der Waals surface area contributed by atoms with Gasteiger partial charge in [-0.05, 0) is 42.4 Å². The van der Waals surface area contributed by atoms with E-state index in [2.05, 4.69) is 5.32 Å². The summed E-state index contributed by atoms with van der Waals surface area (Å²) in [5.74, 6) is -0.351. The molecule has 0 aliphatic carbocycles. The molecule has 0 fully saturated rings. The maximum absolute atomic E-state index is 12.2. The molecule has 1 N–H and O–H groups in total. The zero-order valence-corrected chi connectivity index (χ0v) is 12.9. The molecule has 3 nitrogen and oxygen atoms in total. The fourth-order valence-corrected chi connectivity index (χ4v) is 2.54. The zero-order chi connectivity index (χ0) is 15.2. The van der Waals surface area contributed by atoms with Gasteiger partial charge in [0.15, 0.2) is 0 Å². The first kappa shape index (κ1) is 15.4. The van der Waals surface area contributed by atoms with Crippen LogP contribution >= 0.6 is 23.4 Å². The predicted octanol–water partition coefficient (Wildman–Crippen LogP) is 4.66. The van der Waals surface area contributed by atoms with Crippen molar-refractivity contribution < 1.29 is 4.79 Å². The Bertz CT molecular complexity index is 682. The highest BCUT2D eigenvalue weighted by molar-refractivity contribution is 8.03. The number of carbonyl (C=O) groups is 1. The number of amides is 1. The van der Waals surface area contributed by atoms with Crippen molar-refractivity contribution in [1.82, 2.24) is 0 Å². The smallest absolute Gasteiger partial charge is 0.231 e. The molecule has 0 aliphatic heterocycles. The third kappa shape index (κ3) is 4.01. The second kappa shape index (κ2) is 7.16. The summed E-state index contributed by atoms with van der Waals surface area (Å²) < 4.78 is 0. The lowest BCUT2D eigenvalue weighted by Gasteiger charge is -2.13. The number of nitriles is 1. The fourth-order valence-electron chi connectivity index (χ4n) is 1.85. The van der Waals surface area contributed by atoms with E-state index in [0.717, 1.165) is 17.3 Å². The number of hydrogen-bond donors (Lipinski definition) is 1. The summed E-state index contributed by atoms with van der Waals surface area (Å²) in [7, 11) is 0. The molecule has 106 valence electrons. The standard InChI is InChI=1S/C16H13ClN2OS/c1-11(12-5-3-2-4-6-12)16(20)19-13-7-8-15(21-10-18)14(17)9-13/h2-9,11H,1H3,(H,19,20). The molecule has 0 heterocycles. The van der Waals surface area contributed by atoms with Crippen molar-refractivity contribution in [3.05, 3.63) is 59.1 Å². The molecule has 1 unspecified atom stereocenters. The van der Waals surface area contributed by atoms with E-state index in [-0.39, 0.29) is 11.8 Å². The number of thiocyanates is 1. The van der Waals surface area contributed by atoms with Gasteiger partial charge >= 0.3 is 0 Å². The maximum Gasteiger partial charge on any atom is 0.231 e. The van der Waals surface area contributed by atoms with Crippen LogP contribution in [0.2, 0.25) is 5.02 Å². The van der Waals surface area contributed by atoms with Gasteiger partial charge in [0.05, 0.1) is 10.9 Å². The van der Waals surface area contributed by atoms with Crippen molar-refractivity contribution in [2.24, 2.45) is 0 Å². The van der Waals surface area contributed by atoms with Gasteiger partial charge in [-0.1, -0.05) is 41.9 Å². The Hall–Kier alpha value is -1.96. The molecule has 0 saturated carbocycles. The molecule has 0 radical (unpaired) electrons. The van der Waals surface area contributed by atoms with E-state index < -0.39 is 0 Å². The Morgan fingerprint density at radius 1 is 1.29 bits per heavy atom. The minimum Gasteiger partial charge on any atom is -0.326 e. The van der Waals surface area contributed by atoms with Gasteiger partial charge in [-0.15, -0.1) is 0 Å². The third-order valence-corrected chi connectivity index (χ3v) is 4.14. The monoisotopic (exact) mass is 316 g/mol. The van der Waals surface area contributed by atoms with Crippen molar-refractivity contribution >= 4 is 35.0 Å². The summed E-state index contributed by atoms with van der Waals surface area (Å²) in [4.78, 5) is 12.9. The van der Waals surface area contributed by atoms with E-state index in [9.17, 15) is 4.79 Å². The average Bonchev–Trinajstić information content (AvgIpc) is 2.50. The number of halogens is 1. The van der Waals surface area contributed by atoms with Crippen LogP contribution < -0.4 is 5.32 Å². The van der Waals surface area contributed by atoms with Crippen molar-refractivity contribution in [2.75, 3.05) is 5.32 Å². The minimum atomic E-state index is -0.252. The highest BCUT2D eigenvalue weighted by Gasteiger charge is 2.15. The Balaban J connectivity index is 2.10. The lowest BCUT2D eigenvalue weighted by Crippen LogP contribution is -2.18. The van der Waals surface area contributed by atoms with Crippen LogP contribution in [0.15, 0.2) is 53.4 Å². The third-order valence-electron chi connectivity index (χ3n) is 3.05. The molecule has 0 spiro atoms. The van der Waals surface area contributed by atoms with Crippen LogP contribution in [0.1, 0.15) is 18.4 Å². The van der Waals surface area contributed by atoms with Gasteiger partial charge in [-0.25, -0.2) is 0 Å². The molecule has 2 rings (SSSR count). The number of carbonyl (C=O) groups excluding carboxylic acids is 1. The Morgan fingerprint density at radius 3 is 2.62 bits per heavy atom. The van der Waals surface area contributed by atoms with Crippen molar-refractivity contribution in [3.63, 3.8) is 0 Å². The van der Waals surface area contributed by atoms with Crippen molar-refractivity contribution in [1.29, 1.82) is 5.26 Å². The number of hydrogen-bond acceptors (Lipinski definition) is 3. The molecule has 0 bridgehead atoms. The molecule has 1 amide bonds. The number of anilines is 1. The molecule has 0 aromatic heterocycles. The number of benzene rings is 2. The predicted molar refractivity (Wildman–Crippen MR) is 86.4 cm³/mol. The van der Waals surface area contributed by atoms with E-state index in [0.29, 0.717) is 15.6 Å². The topological polar surface area (TPSA) is 52.9 Å². The largest absolute Gasteiger partial charge is 0.326 e. The number of rotatable bonds is 4. The van der Waals surface area contributed by atoms with Crippen LogP contribution in [-0.2, 0) is 4.79 Å². The number of nitrogens with one attached hydrogen (secondary N) is 1. The molecule has 1 atom stereocenters. The zero-order valence-electron chi connectivity index (χ0n) is 11.3. The molecule has 2 aromatic carbocycles. The summed E-state index contributed by atoms with van der Waals surface area (Å²) >= 11 is 7.06. The second-order valence-corrected chi connectivity index (χ2v) is 5.69. The minimum absolute atomic E-state index is 0.0991. The second-order valence-electron chi connectivity index (χ2n) is 4.46. The fraction of sp³-hybridized carbons (Fsp3) is 0.125. The molecule has 0 aliphatic rings. The number of thioether (sulfide) groups is 1. The van der Waals surface area contributed by atoms with Crippen molar-refractivity contribution in [3.8, 4) is 5.40 Å². The first-order chi connectivity index (χ1) is 10.1. The number of nitrogens with zero attached hydrogens (tertiary/aromatic N) is 1. The first-order valence-corrected chi connectivity index (χ1v) is 7.52. The van der Waals surface area contributed by atoms with E-state index in [4.69, 9.17) is 16.9 Å². The SMILES string of the molecule is CC(C(=O)Nc1ccc(SC#N)c(Cl)c1)c1ccccc1. The molecule has 21 heavy (non-hydrogen) atoms. The van der Waals surface area contributed by atoms with Gasteiger partial charge in [-0.3, -0.25) is 4.79 Å². The lowest BCUT2D eigenvalue weighted by atomic mass is 10.0. The van der Waals surface area contributed by atoms with Crippen LogP contribution in [0.3, 0.4) is 0 Å². The highest BCUT2D eigenvalue weighted by atomic mass is 35.5. The summed E-state index contributed by atoms with van der Waals surface area (Å²) in [6.45, 7) is 1.85. The van der Waals surface area contributed by atoms with Gasteiger partial charge in [-0.2, -0.15) is 5.26 Å². The van der Waals surface area contributed by atoms with E-state index in [1.54, 1.807) is 18.2 Å². The van der Waals surface area contributed by atoms with Crippen molar-refractivity contribution in [2.45, 2.75) is 17.7 Å². The van der Waals surface area contributed by atoms with Crippen LogP contribution in [0, 0.1) is 10.7 Å². The van der Waals surface area contributed by atoms with E-state index in [1.807, 2.05) is 42.7 Å². The van der Waals surface area contributed by atoms with Gasteiger partial charge in [0.2, 0.25) is 5.91 Å². The van der Waals surface area contributed by atoms with Crippen LogP contribution in [0.4, 0.5) is 5.69 Å². The van der Waals surface area contributed by atoms with Gasteiger partial charge < -0.3 is 5.32 Å². The summed E-state index contributed by atoms with van der Waals surface area (Å²) in [5, 5.41) is 13.9. The average molecular weight is 317 g/mol. The molecule has 0 saturated heterocycles. The summed E-state index contributed by atoms with van der Waals surface area (Å²) in [5.41, 5.74) is 1.58. The lowest BCUT2D eigenvalue weighted by molar-refractivity contribution is -0.117. The Labute approximate surface area is 132 Å². The van der Waals surface area contributed by atoms with Crippen LogP contribution in [0.5, 0.6) is 0 Å². The van der Waals surface area contributed by atoms with Crippen LogP contribution in [-0.4, -0.2) is 5.91 Å². The molecular weight excluding hydrogens is 304 g/mol. The normalized spacial score (nSPS) is 11.5. The van der Waals surface area contributed by atoms with E-state index >= 15 is 0 Å². The van der Waals surface area contributed by atoms with Gasteiger partial charge in [0, 0.05) is 10.6 Å². The highest BCUT2D eigenvalue weighted by Crippen LogP contribution is 2.29. The summed E-state index contributed by atoms with van der Waals surface area (Å²) in [6, 6.07) is 14.7. The quantitative estimate of drug-likeness (QED) is 0.659. The molecule has 2 aromatic rings. The van der Waals surface area contributed by atoms with Gasteiger partial charge in [0.25, 0.3) is 0 Å². The first-order valence-electron chi connectivity index (χ1n) is 6.33. The van der Waals surface area contributed by atoms with E-state index in [1.165, 1.54) is 0 Å². The summed E-state index contributed by atoms with van der Waals surface area (Å²) in [6.07, 6.45) is 0. The van der Waals surface area contributed by atoms with Crippen LogP contribution in [0.25, 0.3) is 0 Å².